The van der Waals surface area contributed by atoms with Crippen LogP contribution in [0.15, 0.2) is 67.4 Å². The first-order valence-electron chi connectivity index (χ1n) is 10.2. The van der Waals surface area contributed by atoms with Gasteiger partial charge in [-0.15, -0.1) is 10.2 Å². The number of fused-ring (bicyclic) bond motifs is 1. The highest BCUT2D eigenvalue weighted by atomic mass is 15.3. The molecule has 1 fully saturated rings. The minimum atomic E-state index is 0.547. The Hall–Kier alpha value is -2.96. The maximum atomic E-state index is 6.00. The second-order valence-corrected chi connectivity index (χ2v) is 7.92. The summed E-state index contributed by atoms with van der Waals surface area (Å²) >= 11 is 0. The first-order valence-corrected chi connectivity index (χ1v) is 10.2. The molecule has 0 bridgehead atoms. The van der Waals surface area contributed by atoms with Gasteiger partial charge in [-0.2, -0.15) is 0 Å². The van der Waals surface area contributed by atoms with Crippen LogP contribution in [0, 0.1) is 5.92 Å². The Kier molecular flexibility index (Phi) is 4.87. The average molecular weight is 387 g/mol. The molecule has 0 radical (unpaired) electrons. The van der Waals surface area contributed by atoms with Crippen molar-refractivity contribution in [2.24, 2.45) is 11.7 Å². The number of nitrogens with one attached hydrogen (secondary N) is 1. The molecule has 1 saturated heterocycles. The molecule has 6 nitrogen and oxygen atoms in total. The van der Waals surface area contributed by atoms with Gasteiger partial charge in [-0.25, -0.2) is 0 Å². The predicted octanol–water partition coefficient (Wildman–Crippen LogP) is 3.14. The first-order chi connectivity index (χ1) is 14.3. The van der Waals surface area contributed by atoms with Crippen LogP contribution in [0.5, 0.6) is 0 Å². The van der Waals surface area contributed by atoms with Crippen LogP contribution in [0.4, 0.5) is 0 Å². The van der Waals surface area contributed by atoms with Crippen LogP contribution in [0.2, 0.25) is 0 Å². The fourth-order valence-electron chi connectivity index (χ4n) is 4.64. The lowest BCUT2D eigenvalue weighted by Gasteiger charge is -2.48. The van der Waals surface area contributed by atoms with Crippen molar-refractivity contribution < 1.29 is 0 Å². The van der Waals surface area contributed by atoms with Gasteiger partial charge in [-0.3, -0.25) is 9.47 Å². The van der Waals surface area contributed by atoms with Crippen LogP contribution in [0.1, 0.15) is 17.5 Å². The summed E-state index contributed by atoms with van der Waals surface area (Å²) in [6.07, 6.45) is 8.91. The highest BCUT2D eigenvalue weighted by molar-refractivity contribution is 5.85. The lowest BCUT2D eigenvalue weighted by atomic mass is 9.80. The molecule has 0 aliphatic carbocycles. The number of rotatable bonds is 7. The van der Waals surface area contributed by atoms with Crippen LogP contribution in [0.3, 0.4) is 0 Å². The first kappa shape index (κ1) is 18.1. The number of likely N-dealkylation sites (tertiary alicyclic amines) is 1. The van der Waals surface area contributed by atoms with Gasteiger partial charge in [0, 0.05) is 42.0 Å². The number of H-pyrrole nitrogens is 1. The molecule has 0 amide bonds. The summed E-state index contributed by atoms with van der Waals surface area (Å²) in [6.45, 7) is 1.74. The van der Waals surface area contributed by atoms with Crippen molar-refractivity contribution in [1.82, 2.24) is 24.6 Å². The number of aromatic nitrogens is 4. The Bertz CT molecular complexity index is 1070. The van der Waals surface area contributed by atoms with Gasteiger partial charge in [0.1, 0.15) is 12.7 Å². The van der Waals surface area contributed by atoms with E-state index in [2.05, 4.69) is 74.8 Å². The van der Waals surface area contributed by atoms with Crippen molar-refractivity contribution in [2.75, 3.05) is 13.2 Å². The molecule has 2 unspecified atom stereocenters. The lowest BCUT2D eigenvalue weighted by Crippen LogP contribution is -2.58. The van der Waals surface area contributed by atoms with Gasteiger partial charge in [0.25, 0.3) is 0 Å². The molecule has 3 N–H and O–H groups in total. The van der Waals surface area contributed by atoms with Gasteiger partial charge in [0.05, 0.1) is 0 Å². The van der Waals surface area contributed by atoms with E-state index in [0.717, 1.165) is 31.5 Å². The van der Waals surface area contributed by atoms with Crippen molar-refractivity contribution in [3.05, 3.63) is 78.5 Å². The molecule has 3 heterocycles. The second kappa shape index (κ2) is 7.81. The van der Waals surface area contributed by atoms with Crippen LogP contribution < -0.4 is 5.73 Å². The third-order valence-corrected chi connectivity index (χ3v) is 6.23. The van der Waals surface area contributed by atoms with Gasteiger partial charge >= 0.3 is 0 Å². The van der Waals surface area contributed by atoms with Crippen LogP contribution in [-0.4, -0.2) is 43.9 Å². The molecule has 29 heavy (non-hydrogen) atoms. The molecule has 2 aromatic carbocycles. The number of hydrogen-bond acceptors (Lipinski definition) is 4. The summed E-state index contributed by atoms with van der Waals surface area (Å²) < 4.78 is 1.94. The Morgan fingerprint density at radius 2 is 1.90 bits per heavy atom. The van der Waals surface area contributed by atoms with E-state index in [1.807, 2.05) is 4.57 Å². The molecule has 1 aliphatic rings. The zero-order valence-corrected chi connectivity index (χ0v) is 16.4. The summed E-state index contributed by atoms with van der Waals surface area (Å²) in [6, 6.07) is 17.8. The third kappa shape index (κ3) is 3.57. The molecule has 2 atom stereocenters. The van der Waals surface area contributed by atoms with E-state index >= 15 is 0 Å². The molecular formula is C23H26N6. The van der Waals surface area contributed by atoms with Crippen molar-refractivity contribution >= 4 is 10.9 Å². The molecule has 2 aromatic heterocycles. The smallest absolute Gasteiger partial charge is 0.123 e. The minimum absolute atomic E-state index is 0.547. The van der Waals surface area contributed by atoms with Gasteiger partial charge in [-0.1, -0.05) is 30.3 Å². The number of benzene rings is 2. The van der Waals surface area contributed by atoms with Crippen LogP contribution >= 0.6 is 0 Å². The number of nitrogens with zero attached hydrogens (tertiary/aromatic N) is 4. The largest absolute Gasteiger partial charge is 0.361 e. The number of nitrogens with two attached hydrogens (primary N) is 1. The second-order valence-electron chi connectivity index (χ2n) is 7.92. The van der Waals surface area contributed by atoms with E-state index < -0.39 is 0 Å². The summed E-state index contributed by atoms with van der Waals surface area (Å²) in [5.74, 6) is 0.679. The summed E-state index contributed by atoms with van der Waals surface area (Å²) in [7, 11) is 0. The van der Waals surface area contributed by atoms with Crippen molar-refractivity contribution in [3.63, 3.8) is 0 Å². The van der Waals surface area contributed by atoms with E-state index in [4.69, 9.17) is 5.73 Å². The van der Waals surface area contributed by atoms with Gasteiger partial charge in [-0.05, 0) is 54.5 Å². The predicted molar refractivity (Wildman–Crippen MR) is 115 cm³/mol. The summed E-state index contributed by atoms with van der Waals surface area (Å²) in [5.41, 5.74) is 11.0. The lowest BCUT2D eigenvalue weighted by molar-refractivity contribution is 0.0123. The van der Waals surface area contributed by atoms with Crippen molar-refractivity contribution in [3.8, 4) is 5.69 Å². The SMILES string of the molecule is NCN1CC(Cc2ccccc2)C1CCc1c[nH]c2ccc(-n3cnnc3)cc12. The summed E-state index contributed by atoms with van der Waals surface area (Å²) in [5, 5.41) is 9.10. The fraction of sp³-hybridized carbons (Fsp3) is 0.304. The van der Waals surface area contributed by atoms with Gasteiger partial charge in [0.15, 0.2) is 0 Å². The molecular weight excluding hydrogens is 360 g/mol. The van der Waals surface area contributed by atoms with Gasteiger partial charge < -0.3 is 10.7 Å². The fourth-order valence-corrected chi connectivity index (χ4v) is 4.64. The topological polar surface area (TPSA) is 75.8 Å². The molecule has 4 aromatic rings. The molecule has 6 heteroatoms. The summed E-state index contributed by atoms with van der Waals surface area (Å²) in [4.78, 5) is 5.83. The molecule has 0 saturated carbocycles. The van der Waals surface area contributed by atoms with E-state index in [0.29, 0.717) is 18.6 Å². The van der Waals surface area contributed by atoms with Gasteiger partial charge in [0.2, 0.25) is 0 Å². The normalized spacial score (nSPS) is 19.5. The van der Waals surface area contributed by atoms with Crippen molar-refractivity contribution in [1.29, 1.82) is 0 Å². The Balaban J connectivity index is 1.31. The molecule has 1 aliphatic heterocycles. The monoisotopic (exact) mass is 386 g/mol. The van der Waals surface area contributed by atoms with Crippen LogP contribution in [0.25, 0.3) is 16.6 Å². The maximum Gasteiger partial charge on any atom is 0.123 e. The Labute approximate surface area is 170 Å². The van der Waals surface area contributed by atoms with E-state index in [1.54, 1.807) is 12.7 Å². The number of aryl methyl sites for hydroxylation is 1. The highest BCUT2D eigenvalue weighted by Crippen LogP contribution is 2.32. The van der Waals surface area contributed by atoms with E-state index in [-0.39, 0.29) is 0 Å². The quantitative estimate of drug-likeness (QED) is 0.512. The zero-order valence-electron chi connectivity index (χ0n) is 16.4. The standard InChI is InChI=1S/C23H26N6/c24-14-28-13-19(10-17-4-2-1-3-5-17)23(28)9-6-18-12-25-22-8-7-20(11-21(18)22)29-15-26-27-16-29/h1-5,7-8,11-12,15-16,19,23,25H,6,9-10,13-14,24H2. The molecule has 0 spiro atoms. The molecule has 148 valence electrons. The van der Waals surface area contributed by atoms with E-state index in [9.17, 15) is 0 Å². The molecule has 5 rings (SSSR count). The van der Waals surface area contributed by atoms with Crippen LogP contribution in [-0.2, 0) is 12.8 Å². The Morgan fingerprint density at radius 1 is 1.07 bits per heavy atom. The van der Waals surface area contributed by atoms with E-state index in [1.165, 1.54) is 22.0 Å². The number of aromatic amines is 1. The minimum Gasteiger partial charge on any atom is -0.361 e. The van der Waals surface area contributed by atoms with Crippen molar-refractivity contribution in [2.45, 2.75) is 25.3 Å². The Morgan fingerprint density at radius 3 is 2.69 bits per heavy atom. The number of hydrogen-bond donors (Lipinski definition) is 2. The highest BCUT2D eigenvalue weighted by Gasteiger charge is 2.37. The zero-order chi connectivity index (χ0) is 19.6. The maximum absolute atomic E-state index is 6.00. The third-order valence-electron chi connectivity index (χ3n) is 6.23. The average Bonchev–Trinajstić information content (AvgIpc) is 3.41.